The summed E-state index contributed by atoms with van der Waals surface area (Å²) < 4.78 is 10.4. The molecule has 0 heterocycles. The summed E-state index contributed by atoms with van der Waals surface area (Å²) in [5.41, 5.74) is -0.0927. The normalized spacial score (nSPS) is 11.4. The Morgan fingerprint density at radius 1 is 0.677 bits per heavy atom. The number of rotatable bonds is 19. The van der Waals surface area contributed by atoms with Crippen molar-refractivity contribution < 1.29 is 19.1 Å². The van der Waals surface area contributed by atoms with Crippen LogP contribution in [0.15, 0.2) is 0 Å². The minimum absolute atomic E-state index is 0.0677. The quantitative estimate of drug-likeness (QED) is 0.154. The minimum atomic E-state index is -0.487. The Morgan fingerprint density at radius 2 is 1.10 bits per heavy atom. The van der Waals surface area contributed by atoms with Crippen LogP contribution in [0.4, 0.5) is 4.79 Å². The van der Waals surface area contributed by atoms with Gasteiger partial charge in [0.25, 0.3) is 0 Å². The van der Waals surface area contributed by atoms with Gasteiger partial charge in [-0.05, 0) is 11.8 Å². The number of nitrogens with zero attached hydrogens (tertiary/aromatic N) is 1. The first-order valence-corrected chi connectivity index (χ1v) is 12.8. The van der Waals surface area contributed by atoms with Crippen LogP contribution in [0, 0.1) is 5.41 Å². The molecular weight excluding hydrogens is 390 g/mol. The van der Waals surface area contributed by atoms with Crippen molar-refractivity contribution in [3.05, 3.63) is 0 Å². The molecule has 5 nitrogen and oxygen atoms in total. The third-order valence-corrected chi connectivity index (χ3v) is 5.32. The Labute approximate surface area is 192 Å². The van der Waals surface area contributed by atoms with Gasteiger partial charge in [0.2, 0.25) is 0 Å². The summed E-state index contributed by atoms with van der Waals surface area (Å²) in [6.07, 6.45) is 19.2. The average molecular weight is 442 g/mol. The van der Waals surface area contributed by atoms with Crippen LogP contribution in [0.5, 0.6) is 0 Å². The van der Waals surface area contributed by atoms with Crippen molar-refractivity contribution in [2.75, 3.05) is 26.8 Å². The van der Waals surface area contributed by atoms with Crippen LogP contribution in [-0.4, -0.2) is 43.8 Å². The lowest BCUT2D eigenvalue weighted by Crippen LogP contribution is -2.35. The molecule has 0 aromatic carbocycles. The molecule has 0 N–H and O–H groups in total. The van der Waals surface area contributed by atoms with Gasteiger partial charge in [-0.3, -0.25) is 4.79 Å². The van der Waals surface area contributed by atoms with Crippen LogP contribution in [0.3, 0.4) is 0 Å². The van der Waals surface area contributed by atoms with Crippen molar-refractivity contribution in [3.63, 3.8) is 0 Å². The first kappa shape index (κ1) is 29.7. The van der Waals surface area contributed by atoms with E-state index in [4.69, 9.17) is 9.47 Å². The molecule has 0 unspecified atom stereocenters. The van der Waals surface area contributed by atoms with E-state index in [9.17, 15) is 9.59 Å². The number of hydrogen-bond acceptors (Lipinski definition) is 4. The number of ether oxygens (including phenoxy) is 2. The molecule has 5 heteroatoms. The van der Waals surface area contributed by atoms with Crippen molar-refractivity contribution >= 4 is 12.1 Å². The van der Waals surface area contributed by atoms with Crippen LogP contribution in [0.25, 0.3) is 0 Å². The number of esters is 1. The third kappa shape index (κ3) is 21.7. The standard InChI is InChI=1S/C26H51NO4/c1-6-7-8-9-10-11-12-13-14-15-16-17-18-19-20-21-30-24(28)22-27(5)25(29)31-23-26(2,3)4/h6-23H2,1-5H3. The summed E-state index contributed by atoms with van der Waals surface area (Å²) in [6, 6.07) is 0. The third-order valence-electron chi connectivity index (χ3n) is 5.32. The van der Waals surface area contributed by atoms with E-state index in [1.54, 1.807) is 7.05 Å². The highest BCUT2D eigenvalue weighted by molar-refractivity contribution is 5.77. The van der Waals surface area contributed by atoms with E-state index in [0.29, 0.717) is 13.2 Å². The van der Waals surface area contributed by atoms with E-state index in [2.05, 4.69) is 6.92 Å². The molecule has 0 radical (unpaired) electrons. The Morgan fingerprint density at radius 3 is 1.52 bits per heavy atom. The predicted octanol–water partition coefficient (Wildman–Crippen LogP) is 7.52. The lowest BCUT2D eigenvalue weighted by molar-refractivity contribution is -0.144. The molecule has 1 amide bonds. The maximum atomic E-state index is 11.8. The molecule has 0 aliphatic carbocycles. The highest BCUT2D eigenvalue weighted by Gasteiger charge is 2.18. The summed E-state index contributed by atoms with van der Waals surface area (Å²) in [5, 5.41) is 0. The second kappa shape index (κ2) is 19.4. The Hall–Kier alpha value is -1.26. The molecule has 0 aliphatic heterocycles. The molecule has 0 saturated heterocycles. The van der Waals surface area contributed by atoms with E-state index in [1.165, 1.54) is 88.4 Å². The number of amides is 1. The second-order valence-corrected chi connectivity index (χ2v) is 10.1. The van der Waals surface area contributed by atoms with Crippen molar-refractivity contribution in [1.82, 2.24) is 4.90 Å². The highest BCUT2D eigenvalue weighted by Crippen LogP contribution is 2.14. The molecule has 0 rings (SSSR count). The number of hydrogen-bond donors (Lipinski definition) is 0. The second-order valence-electron chi connectivity index (χ2n) is 10.1. The zero-order valence-corrected chi connectivity index (χ0v) is 21.3. The predicted molar refractivity (Wildman–Crippen MR) is 129 cm³/mol. The molecule has 0 aliphatic rings. The molecular formula is C26H51NO4. The van der Waals surface area contributed by atoms with Crippen LogP contribution in [-0.2, 0) is 14.3 Å². The van der Waals surface area contributed by atoms with Gasteiger partial charge < -0.3 is 14.4 Å². The number of likely N-dealkylation sites (N-methyl/N-ethyl adjacent to an activating group) is 1. The average Bonchev–Trinajstić information content (AvgIpc) is 2.71. The maximum Gasteiger partial charge on any atom is 0.410 e. The van der Waals surface area contributed by atoms with E-state index < -0.39 is 6.09 Å². The van der Waals surface area contributed by atoms with Crippen LogP contribution in [0.2, 0.25) is 0 Å². The van der Waals surface area contributed by atoms with Crippen LogP contribution >= 0.6 is 0 Å². The van der Waals surface area contributed by atoms with E-state index in [0.717, 1.165) is 12.8 Å². The monoisotopic (exact) mass is 441 g/mol. The fraction of sp³-hybridized carbons (Fsp3) is 0.923. The van der Waals surface area contributed by atoms with Crippen LogP contribution in [0.1, 0.15) is 124 Å². The van der Waals surface area contributed by atoms with Gasteiger partial charge in [0.05, 0.1) is 13.2 Å². The van der Waals surface area contributed by atoms with Crippen molar-refractivity contribution in [2.45, 2.75) is 124 Å². The van der Waals surface area contributed by atoms with Gasteiger partial charge in [0, 0.05) is 7.05 Å². The van der Waals surface area contributed by atoms with E-state index in [-0.39, 0.29) is 17.9 Å². The maximum absolute atomic E-state index is 11.8. The number of carbonyl (C=O) groups is 2. The fourth-order valence-electron chi connectivity index (χ4n) is 3.35. The number of unbranched alkanes of at least 4 members (excludes halogenated alkanes) is 14. The summed E-state index contributed by atoms with van der Waals surface area (Å²) in [4.78, 5) is 24.9. The molecule has 31 heavy (non-hydrogen) atoms. The van der Waals surface area contributed by atoms with Gasteiger partial charge in [0.15, 0.2) is 0 Å². The van der Waals surface area contributed by atoms with Crippen molar-refractivity contribution in [3.8, 4) is 0 Å². The Kier molecular flexibility index (Phi) is 18.6. The summed E-state index contributed by atoms with van der Waals surface area (Å²) in [5.74, 6) is -0.374. The van der Waals surface area contributed by atoms with E-state index in [1.807, 2.05) is 20.8 Å². The molecule has 184 valence electrons. The van der Waals surface area contributed by atoms with Gasteiger partial charge in [-0.25, -0.2) is 4.79 Å². The summed E-state index contributed by atoms with van der Waals surface area (Å²) in [6.45, 7) is 8.93. The molecule has 0 aromatic heterocycles. The molecule has 0 spiro atoms. The molecule has 0 bridgehead atoms. The smallest absolute Gasteiger partial charge is 0.410 e. The van der Waals surface area contributed by atoms with Crippen LogP contribution < -0.4 is 0 Å². The SMILES string of the molecule is CCCCCCCCCCCCCCCCCOC(=O)CN(C)C(=O)OCC(C)(C)C. The molecule has 0 atom stereocenters. The largest absolute Gasteiger partial charge is 0.464 e. The molecule has 0 saturated carbocycles. The fourth-order valence-corrected chi connectivity index (χ4v) is 3.35. The lowest BCUT2D eigenvalue weighted by atomic mass is 9.99. The molecule has 0 fully saturated rings. The van der Waals surface area contributed by atoms with Crippen molar-refractivity contribution in [1.29, 1.82) is 0 Å². The van der Waals surface area contributed by atoms with Crippen molar-refractivity contribution in [2.24, 2.45) is 5.41 Å². The topological polar surface area (TPSA) is 55.8 Å². The van der Waals surface area contributed by atoms with Gasteiger partial charge in [-0.2, -0.15) is 0 Å². The Balaban J connectivity index is 3.41. The minimum Gasteiger partial charge on any atom is -0.464 e. The first-order valence-electron chi connectivity index (χ1n) is 12.8. The summed E-state index contributed by atoms with van der Waals surface area (Å²) in [7, 11) is 1.56. The van der Waals surface area contributed by atoms with E-state index >= 15 is 0 Å². The van der Waals surface area contributed by atoms with Gasteiger partial charge >= 0.3 is 12.1 Å². The zero-order chi connectivity index (χ0) is 23.4. The molecule has 0 aromatic rings. The summed E-state index contributed by atoms with van der Waals surface area (Å²) >= 11 is 0. The lowest BCUT2D eigenvalue weighted by Gasteiger charge is -2.21. The van der Waals surface area contributed by atoms with Gasteiger partial charge in [0.1, 0.15) is 6.54 Å². The zero-order valence-electron chi connectivity index (χ0n) is 21.3. The van der Waals surface area contributed by atoms with Gasteiger partial charge in [-0.15, -0.1) is 0 Å². The Bertz CT molecular complexity index is 445. The highest BCUT2D eigenvalue weighted by atomic mass is 16.6. The number of carbonyl (C=O) groups excluding carboxylic acids is 2. The van der Waals surface area contributed by atoms with Gasteiger partial charge in [-0.1, -0.05) is 118 Å². The first-order chi connectivity index (χ1) is 14.8.